The van der Waals surface area contributed by atoms with E-state index < -0.39 is 10.0 Å². The molecule has 10 heteroatoms. The Kier molecular flexibility index (Phi) is 7.59. The molecule has 2 aromatic rings. The van der Waals surface area contributed by atoms with E-state index in [1.54, 1.807) is 20.3 Å². The van der Waals surface area contributed by atoms with Gasteiger partial charge in [0.25, 0.3) is 6.47 Å². The summed E-state index contributed by atoms with van der Waals surface area (Å²) in [7, 11) is -0.203. The fourth-order valence-corrected chi connectivity index (χ4v) is 4.63. The molecule has 0 bridgehead atoms. The van der Waals surface area contributed by atoms with Crippen LogP contribution in [0, 0.1) is 12.8 Å². The van der Waals surface area contributed by atoms with Gasteiger partial charge >= 0.3 is 0 Å². The first-order valence-corrected chi connectivity index (χ1v) is 10.6. The van der Waals surface area contributed by atoms with Gasteiger partial charge in [-0.25, -0.2) is 17.7 Å². The van der Waals surface area contributed by atoms with Crippen LogP contribution in [0.1, 0.15) is 11.6 Å². The Labute approximate surface area is 169 Å². The van der Waals surface area contributed by atoms with Gasteiger partial charge in [0.1, 0.15) is 5.82 Å². The number of hydrogen-bond acceptors (Lipinski definition) is 5. The number of nitrogens with zero attached hydrogens (tertiary/aromatic N) is 3. The van der Waals surface area contributed by atoms with Crippen molar-refractivity contribution in [3.05, 3.63) is 41.2 Å². The number of rotatable bonds is 5. The fraction of sp³-hybridized carbons (Fsp3) is 0.444. The first kappa shape index (κ1) is 22.4. The molecule has 1 aliphatic rings. The lowest BCUT2D eigenvalue weighted by atomic mass is 10.0. The molecule has 2 atom stereocenters. The number of sulfonamides is 1. The van der Waals surface area contributed by atoms with Gasteiger partial charge in [-0.15, -0.1) is 0 Å². The molecule has 154 valence electrons. The van der Waals surface area contributed by atoms with Crippen LogP contribution in [0.15, 0.2) is 30.6 Å². The van der Waals surface area contributed by atoms with Gasteiger partial charge in [0.2, 0.25) is 10.0 Å². The Morgan fingerprint density at radius 2 is 2.07 bits per heavy atom. The summed E-state index contributed by atoms with van der Waals surface area (Å²) in [6, 6.07) is 5.63. The van der Waals surface area contributed by atoms with Gasteiger partial charge in [0.05, 0.1) is 30.0 Å². The van der Waals surface area contributed by atoms with Crippen molar-refractivity contribution in [2.24, 2.45) is 5.92 Å². The lowest BCUT2D eigenvalue weighted by Gasteiger charge is -2.23. The zero-order chi connectivity index (χ0) is 20.9. The Balaban J connectivity index is 0.000000878. The molecule has 0 unspecified atom stereocenters. The Morgan fingerprint density at radius 3 is 2.68 bits per heavy atom. The predicted octanol–water partition coefficient (Wildman–Crippen LogP) is 2.29. The molecule has 1 aliphatic heterocycles. The van der Waals surface area contributed by atoms with Crippen molar-refractivity contribution in [2.75, 3.05) is 33.1 Å². The summed E-state index contributed by atoms with van der Waals surface area (Å²) in [6.07, 6.45) is 3.58. The van der Waals surface area contributed by atoms with Crippen LogP contribution < -0.4 is 0 Å². The van der Waals surface area contributed by atoms with Crippen molar-refractivity contribution in [3.8, 4) is 11.4 Å². The maximum Gasteiger partial charge on any atom is 0.290 e. The van der Waals surface area contributed by atoms with Crippen molar-refractivity contribution < 1.29 is 23.1 Å². The van der Waals surface area contributed by atoms with Crippen molar-refractivity contribution in [2.45, 2.75) is 13.0 Å². The molecule has 1 fully saturated rings. The van der Waals surface area contributed by atoms with Gasteiger partial charge in [-0.05, 0) is 18.6 Å². The molecule has 0 radical (unpaired) electrons. The maximum absolute atomic E-state index is 12.3. The molecule has 0 amide bonds. The van der Waals surface area contributed by atoms with Crippen molar-refractivity contribution in [3.63, 3.8) is 0 Å². The monoisotopic (exact) mass is 429 g/mol. The highest BCUT2D eigenvalue weighted by Gasteiger charge is 2.35. The van der Waals surface area contributed by atoms with Crippen molar-refractivity contribution >= 4 is 28.1 Å². The predicted molar refractivity (Wildman–Crippen MR) is 107 cm³/mol. The Bertz CT molecular complexity index is 893. The number of benzene rings is 1. The van der Waals surface area contributed by atoms with Gasteiger partial charge in [-0.3, -0.25) is 4.79 Å². The molecule has 0 aliphatic carbocycles. The zero-order valence-corrected chi connectivity index (χ0v) is 17.5. The molecular formula is C18H24ClN3O5S. The van der Waals surface area contributed by atoms with E-state index in [4.69, 9.17) is 26.2 Å². The van der Waals surface area contributed by atoms with Gasteiger partial charge in [-0.2, -0.15) is 0 Å². The van der Waals surface area contributed by atoms with E-state index in [-0.39, 0.29) is 24.2 Å². The van der Waals surface area contributed by atoms with Crippen molar-refractivity contribution in [1.82, 2.24) is 13.9 Å². The summed E-state index contributed by atoms with van der Waals surface area (Å²) < 4.78 is 33.4. The van der Waals surface area contributed by atoms with Crippen LogP contribution in [0.4, 0.5) is 0 Å². The second-order valence-electron chi connectivity index (χ2n) is 6.62. The van der Waals surface area contributed by atoms with Gasteiger partial charge < -0.3 is 14.4 Å². The maximum atomic E-state index is 12.3. The summed E-state index contributed by atoms with van der Waals surface area (Å²) in [5.74, 6) is 0.651. The van der Waals surface area contributed by atoms with Crippen molar-refractivity contribution in [1.29, 1.82) is 0 Å². The van der Waals surface area contributed by atoms with E-state index in [1.165, 1.54) is 4.31 Å². The number of hydrogen-bond donors (Lipinski definition) is 1. The zero-order valence-electron chi connectivity index (χ0n) is 15.9. The van der Waals surface area contributed by atoms with E-state index in [0.717, 1.165) is 17.0 Å². The molecule has 1 N–H and O–H groups in total. The summed E-state index contributed by atoms with van der Waals surface area (Å²) in [6.45, 7) is 2.61. The third-order valence-corrected chi connectivity index (χ3v) is 6.89. The van der Waals surface area contributed by atoms with E-state index in [1.807, 2.05) is 35.9 Å². The summed E-state index contributed by atoms with van der Waals surface area (Å²) in [4.78, 5) is 12.8. The molecule has 1 saturated heterocycles. The lowest BCUT2D eigenvalue weighted by molar-refractivity contribution is -0.122. The number of carboxylic acid groups (broad SMARTS) is 1. The fourth-order valence-electron chi connectivity index (χ4n) is 3.16. The summed E-state index contributed by atoms with van der Waals surface area (Å²) >= 11 is 6.40. The highest BCUT2D eigenvalue weighted by Crippen LogP contribution is 2.35. The Hall–Kier alpha value is -1.94. The largest absolute Gasteiger partial charge is 0.483 e. The number of halogens is 1. The van der Waals surface area contributed by atoms with E-state index in [2.05, 4.69) is 4.98 Å². The Morgan fingerprint density at radius 1 is 1.39 bits per heavy atom. The molecule has 1 aromatic carbocycles. The van der Waals surface area contributed by atoms with Crippen LogP contribution in [0.25, 0.3) is 11.4 Å². The van der Waals surface area contributed by atoms with Gasteiger partial charge in [-0.1, -0.05) is 23.7 Å². The number of imidazole rings is 1. The molecule has 1 aromatic heterocycles. The minimum absolute atomic E-state index is 0.0454. The van der Waals surface area contributed by atoms with E-state index in [9.17, 15) is 8.42 Å². The van der Waals surface area contributed by atoms with Gasteiger partial charge in [0.15, 0.2) is 0 Å². The molecule has 0 spiro atoms. The molecular weight excluding hydrogens is 406 g/mol. The second kappa shape index (κ2) is 9.51. The van der Waals surface area contributed by atoms with Crippen LogP contribution in [-0.2, 0) is 19.6 Å². The number of aromatic nitrogens is 2. The lowest BCUT2D eigenvalue weighted by Crippen LogP contribution is -2.32. The molecule has 0 saturated carbocycles. The number of carbonyl (C=O) groups is 1. The SMILES string of the molecule is Cc1cccc(Cl)c1-c1nccn1[C@@H]1COC[C@H]1CS(=O)(=O)N(C)C.O=CO. The number of ether oxygens (including phenoxy) is 1. The van der Waals surface area contributed by atoms with Crippen LogP contribution >= 0.6 is 11.6 Å². The second-order valence-corrected chi connectivity index (χ2v) is 9.26. The highest BCUT2D eigenvalue weighted by molar-refractivity contribution is 7.89. The van der Waals surface area contributed by atoms with E-state index in [0.29, 0.717) is 18.2 Å². The van der Waals surface area contributed by atoms with Crippen LogP contribution in [0.3, 0.4) is 0 Å². The van der Waals surface area contributed by atoms with Crippen LogP contribution in [0.5, 0.6) is 0 Å². The average molecular weight is 430 g/mol. The minimum Gasteiger partial charge on any atom is -0.483 e. The highest BCUT2D eigenvalue weighted by atomic mass is 35.5. The smallest absolute Gasteiger partial charge is 0.290 e. The normalized spacial score (nSPS) is 19.3. The molecule has 28 heavy (non-hydrogen) atoms. The summed E-state index contributed by atoms with van der Waals surface area (Å²) in [5, 5.41) is 7.52. The topological polar surface area (TPSA) is 102 Å². The quantitative estimate of drug-likeness (QED) is 0.731. The third-order valence-electron chi connectivity index (χ3n) is 4.62. The number of aryl methyl sites for hydroxylation is 1. The van der Waals surface area contributed by atoms with Crippen LogP contribution in [0.2, 0.25) is 5.02 Å². The molecule has 2 heterocycles. The third kappa shape index (κ3) is 4.91. The van der Waals surface area contributed by atoms with E-state index >= 15 is 0 Å². The first-order valence-electron chi connectivity index (χ1n) is 8.57. The first-order chi connectivity index (χ1) is 13.2. The minimum atomic E-state index is -3.31. The van der Waals surface area contributed by atoms with Gasteiger partial charge in [0, 0.05) is 38.0 Å². The summed E-state index contributed by atoms with van der Waals surface area (Å²) in [5.41, 5.74) is 1.90. The average Bonchev–Trinajstić information content (AvgIpc) is 3.24. The molecule has 8 nitrogen and oxygen atoms in total. The standard InChI is InChI=1S/C17H22ClN3O3S.CH2O2/c1-12-5-4-6-14(18)16(12)17-19-7-8-21(17)15-10-24-9-13(15)11-25(22,23)20(2)3;2-1-3/h4-8,13,15H,9-11H2,1-3H3;1H,(H,2,3)/t13-,15+;/m0./s1. The van der Waals surface area contributed by atoms with Crippen LogP contribution in [-0.4, -0.2) is 66.9 Å². The molecule has 3 rings (SSSR count).